The lowest BCUT2D eigenvalue weighted by Crippen LogP contribution is -2.40. The smallest absolute Gasteiger partial charge is 0.251 e. The number of hydrogen-bond acceptors (Lipinski definition) is 4. The van der Waals surface area contributed by atoms with E-state index in [9.17, 15) is 9.59 Å². The van der Waals surface area contributed by atoms with Gasteiger partial charge < -0.3 is 20.7 Å². The molecule has 23 heavy (non-hydrogen) atoms. The molecule has 1 aromatic rings. The minimum absolute atomic E-state index is 0. The van der Waals surface area contributed by atoms with Gasteiger partial charge in [-0.25, -0.2) is 0 Å². The number of nitrogens with one attached hydrogen (secondary N) is 3. The normalized spacial score (nSPS) is 10.6. The first-order valence-corrected chi connectivity index (χ1v) is 7.24. The van der Waals surface area contributed by atoms with Crippen LogP contribution in [0, 0.1) is 0 Å². The maximum Gasteiger partial charge on any atom is 0.251 e. The Hall–Kier alpha value is -1.63. The van der Waals surface area contributed by atoms with Crippen LogP contribution in [0.5, 0.6) is 0 Å². The van der Waals surface area contributed by atoms with Crippen LogP contribution in [0.25, 0.3) is 0 Å². The highest BCUT2D eigenvalue weighted by Gasteiger charge is 2.15. The molecule has 0 radical (unpaired) electrons. The zero-order chi connectivity index (χ0) is 16.6. The van der Waals surface area contributed by atoms with Crippen LogP contribution in [0.4, 0.5) is 5.69 Å². The molecule has 0 aliphatic heterocycles. The highest BCUT2D eigenvalue weighted by atomic mass is 35.5. The Morgan fingerprint density at radius 2 is 1.91 bits per heavy atom. The van der Waals surface area contributed by atoms with Crippen molar-refractivity contribution in [2.75, 3.05) is 32.1 Å². The van der Waals surface area contributed by atoms with Crippen molar-refractivity contribution in [1.29, 1.82) is 0 Å². The molecule has 7 heteroatoms. The summed E-state index contributed by atoms with van der Waals surface area (Å²) in [5.74, 6) is -0.327. The average Bonchev–Trinajstić information content (AvgIpc) is 2.42. The Balaban J connectivity index is 0.00000484. The van der Waals surface area contributed by atoms with Gasteiger partial charge in [0.1, 0.15) is 0 Å². The molecule has 0 saturated carbocycles. The van der Waals surface area contributed by atoms with E-state index in [-0.39, 0.29) is 36.3 Å². The van der Waals surface area contributed by atoms with Gasteiger partial charge in [0.25, 0.3) is 5.91 Å². The van der Waals surface area contributed by atoms with E-state index < -0.39 is 0 Å². The number of hydrogen-bond donors (Lipinski definition) is 3. The van der Waals surface area contributed by atoms with Gasteiger partial charge in [0.15, 0.2) is 0 Å². The third kappa shape index (κ3) is 9.18. The second kappa shape index (κ2) is 10.2. The Labute approximate surface area is 143 Å². The number of ether oxygens (including phenoxy) is 1. The number of rotatable bonds is 7. The molecule has 0 bridgehead atoms. The van der Waals surface area contributed by atoms with Crippen molar-refractivity contribution >= 4 is 29.9 Å². The predicted molar refractivity (Wildman–Crippen MR) is 94.3 cm³/mol. The quantitative estimate of drug-likeness (QED) is 0.660. The van der Waals surface area contributed by atoms with E-state index in [1.165, 1.54) is 0 Å². The molecule has 2 amide bonds. The molecule has 0 aliphatic rings. The summed E-state index contributed by atoms with van der Waals surface area (Å²) in [7, 11) is 1.61. The molecule has 0 aromatic heterocycles. The Kier molecular flexibility index (Phi) is 9.48. The second-order valence-electron chi connectivity index (χ2n) is 6.00. The first-order valence-electron chi connectivity index (χ1n) is 7.24. The Morgan fingerprint density at radius 3 is 2.52 bits per heavy atom. The van der Waals surface area contributed by atoms with Crippen LogP contribution in [0.15, 0.2) is 24.3 Å². The molecular weight excluding hydrogens is 318 g/mol. The Morgan fingerprint density at radius 1 is 1.22 bits per heavy atom. The molecule has 0 saturated heterocycles. The van der Waals surface area contributed by atoms with Crippen LogP contribution >= 0.6 is 12.4 Å². The van der Waals surface area contributed by atoms with E-state index in [0.29, 0.717) is 24.4 Å². The lowest BCUT2D eigenvalue weighted by molar-refractivity contribution is -0.115. The highest BCUT2D eigenvalue weighted by Crippen LogP contribution is 2.12. The minimum Gasteiger partial charge on any atom is -0.383 e. The van der Waals surface area contributed by atoms with Crippen molar-refractivity contribution < 1.29 is 14.3 Å². The van der Waals surface area contributed by atoms with E-state index in [4.69, 9.17) is 4.74 Å². The number of methoxy groups -OCH3 is 1. The van der Waals surface area contributed by atoms with Crippen LogP contribution in [0.2, 0.25) is 0 Å². The van der Waals surface area contributed by atoms with Crippen molar-refractivity contribution in [2.24, 2.45) is 0 Å². The van der Waals surface area contributed by atoms with E-state index in [2.05, 4.69) is 16.0 Å². The van der Waals surface area contributed by atoms with Crippen molar-refractivity contribution in [3.8, 4) is 0 Å². The zero-order valence-electron chi connectivity index (χ0n) is 14.1. The average molecular weight is 344 g/mol. The molecular formula is C16H26ClN3O3. The monoisotopic (exact) mass is 343 g/mol. The SMILES string of the molecule is COCCNCC(=O)Nc1cccc(C(=O)NC(C)(C)C)c1.Cl. The maximum atomic E-state index is 12.1. The van der Waals surface area contributed by atoms with E-state index in [1.54, 1.807) is 31.4 Å². The molecule has 6 nitrogen and oxygen atoms in total. The van der Waals surface area contributed by atoms with E-state index >= 15 is 0 Å². The largest absolute Gasteiger partial charge is 0.383 e. The van der Waals surface area contributed by atoms with Gasteiger partial charge in [0, 0.05) is 30.4 Å². The van der Waals surface area contributed by atoms with Crippen molar-refractivity contribution in [3.05, 3.63) is 29.8 Å². The summed E-state index contributed by atoms with van der Waals surface area (Å²) in [4.78, 5) is 23.9. The van der Waals surface area contributed by atoms with Crippen LogP contribution in [-0.2, 0) is 9.53 Å². The van der Waals surface area contributed by atoms with Gasteiger partial charge in [-0.3, -0.25) is 9.59 Å². The fourth-order valence-electron chi connectivity index (χ4n) is 1.73. The number of anilines is 1. The van der Waals surface area contributed by atoms with Crippen molar-refractivity contribution in [1.82, 2.24) is 10.6 Å². The zero-order valence-corrected chi connectivity index (χ0v) is 14.9. The summed E-state index contributed by atoms with van der Waals surface area (Å²) < 4.78 is 4.89. The lowest BCUT2D eigenvalue weighted by atomic mass is 10.1. The number of halogens is 1. The molecule has 0 fully saturated rings. The molecule has 0 heterocycles. The standard InChI is InChI=1S/C16H25N3O3.ClH/c1-16(2,3)19-15(21)12-6-5-7-13(10-12)18-14(20)11-17-8-9-22-4;/h5-7,10,17H,8-9,11H2,1-4H3,(H,18,20)(H,19,21);1H. The van der Waals surface area contributed by atoms with E-state index in [1.807, 2.05) is 20.8 Å². The van der Waals surface area contributed by atoms with Gasteiger partial charge >= 0.3 is 0 Å². The molecule has 0 aliphatic carbocycles. The molecule has 1 rings (SSSR count). The summed E-state index contributed by atoms with van der Waals surface area (Å²) >= 11 is 0. The van der Waals surface area contributed by atoms with Crippen molar-refractivity contribution in [3.63, 3.8) is 0 Å². The summed E-state index contributed by atoms with van der Waals surface area (Å²) in [6.45, 7) is 7.11. The van der Waals surface area contributed by atoms with Gasteiger partial charge in [0.2, 0.25) is 5.91 Å². The second-order valence-corrected chi connectivity index (χ2v) is 6.00. The van der Waals surface area contributed by atoms with Gasteiger partial charge in [-0.1, -0.05) is 6.07 Å². The van der Waals surface area contributed by atoms with Gasteiger partial charge in [0.05, 0.1) is 13.2 Å². The summed E-state index contributed by atoms with van der Waals surface area (Å²) in [6, 6.07) is 6.87. The molecule has 0 spiro atoms. The Bertz CT molecular complexity index is 516. The first-order chi connectivity index (χ1) is 10.3. The predicted octanol–water partition coefficient (Wildman–Crippen LogP) is 1.81. The summed E-state index contributed by atoms with van der Waals surface area (Å²) in [6.07, 6.45) is 0. The number of amides is 2. The summed E-state index contributed by atoms with van der Waals surface area (Å²) in [5.41, 5.74) is 0.807. The topological polar surface area (TPSA) is 79.5 Å². The van der Waals surface area contributed by atoms with Crippen LogP contribution < -0.4 is 16.0 Å². The number of benzene rings is 1. The van der Waals surface area contributed by atoms with Crippen LogP contribution in [-0.4, -0.2) is 44.2 Å². The summed E-state index contributed by atoms with van der Waals surface area (Å²) in [5, 5.41) is 8.60. The lowest BCUT2D eigenvalue weighted by Gasteiger charge is -2.20. The minimum atomic E-state index is -0.304. The molecule has 130 valence electrons. The van der Waals surface area contributed by atoms with Crippen LogP contribution in [0.1, 0.15) is 31.1 Å². The fraction of sp³-hybridized carbons (Fsp3) is 0.500. The highest BCUT2D eigenvalue weighted by molar-refractivity contribution is 5.97. The maximum absolute atomic E-state index is 12.1. The number of carbonyl (C=O) groups is 2. The third-order valence-electron chi connectivity index (χ3n) is 2.67. The van der Waals surface area contributed by atoms with Gasteiger partial charge in [-0.15, -0.1) is 12.4 Å². The van der Waals surface area contributed by atoms with Gasteiger partial charge in [-0.2, -0.15) is 0 Å². The molecule has 3 N–H and O–H groups in total. The molecule has 1 aromatic carbocycles. The van der Waals surface area contributed by atoms with E-state index in [0.717, 1.165) is 0 Å². The van der Waals surface area contributed by atoms with Crippen LogP contribution in [0.3, 0.4) is 0 Å². The van der Waals surface area contributed by atoms with Crippen molar-refractivity contribution in [2.45, 2.75) is 26.3 Å². The molecule has 0 atom stereocenters. The van der Waals surface area contributed by atoms with Gasteiger partial charge in [-0.05, 0) is 39.0 Å². The molecule has 0 unspecified atom stereocenters. The number of carbonyl (C=O) groups excluding carboxylic acids is 2. The fourth-order valence-corrected chi connectivity index (χ4v) is 1.73. The third-order valence-corrected chi connectivity index (χ3v) is 2.67. The first kappa shape index (κ1) is 21.4.